The van der Waals surface area contributed by atoms with E-state index in [-0.39, 0.29) is 22.8 Å². The number of nitrogens with one attached hydrogen (secondary N) is 2. The van der Waals surface area contributed by atoms with E-state index in [2.05, 4.69) is 15.0 Å². The van der Waals surface area contributed by atoms with Crippen molar-refractivity contribution in [3.63, 3.8) is 0 Å². The molecule has 0 radical (unpaired) electrons. The fourth-order valence-corrected chi connectivity index (χ4v) is 5.98. The Hall–Kier alpha value is -3.07. The summed E-state index contributed by atoms with van der Waals surface area (Å²) < 4.78 is 28.7. The van der Waals surface area contributed by atoms with Crippen LogP contribution in [-0.2, 0) is 14.8 Å². The molecule has 0 saturated heterocycles. The van der Waals surface area contributed by atoms with E-state index in [1.54, 1.807) is 44.3 Å². The Labute approximate surface area is 213 Å². The molecule has 2 aromatic carbocycles. The van der Waals surface area contributed by atoms with E-state index in [4.69, 9.17) is 0 Å². The van der Waals surface area contributed by atoms with Crippen molar-refractivity contribution in [3.05, 3.63) is 84.6 Å². The van der Waals surface area contributed by atoms with E-state index >= 15 is 0 Å². The monoisotopic (exact) mass is 507 g/mol. The van der Waals surface area contributed by atoms with Crippen molar-refractivity contribution in [2.24, 2.45) is 5.92 Å². The molecule has 3 N–H and O–H groups in total. The molecule has 36 heavy (non-hydrogen) atoms. The first-order chi connectivity index (χ1) is 17.1. The van der Waals surface area contributed by atoms with Crippen LogP contribution in [0.4, 0.5) is 0 Å². The van der Waals surface area contributed by atoms with Crippen molar-refractivity contribution in [3.8, 4) is 11.3 Å². The summed E-state index contributed by atoms with van der Waals surface area (Å²) in [5, 5.41) is 13.7. The van der Waals surface area contributed by atoms with Crippen molar-refractivity contribution in [2.45, 2.75) is 62.1 Å². The average Bonchev–Trinajstić information content (AvgIpc) is 2.88. The SMILES string of the molecule is CC(C)(O)[C@@H](NC(=O)[C@H]1CC[C@H](NS(=O)(=O)c2ccc(-c3ccccn3)cc2)CC1)c1ccccc1. The number of carbonyl (C=O) groups is 1. The molecule has 7 nitrogen and oxygen atoms in total. The number of rotatable bonds is 8. The van der Waals surface area contributed by atoms with Gasteiger partial charge in [-0.3, -0.25) is 9.78 Å². The minimum absolute atomic E-state index is 0.114. The van der Waals surface area contributed by atoms with Gasteiger partial charge in [0.25, 0.3) is 0 Å². The molecular formula is C28H33N3O4S. The lowest BCUT2D eigenvalue weighted by Crippen LogP contribution is -2.46. The van der Waals surface area contributed by atoms with Crippen LogP contribution in [0.1, 0.15) is 51.1 Å². The van der Waals surface area contributed by atoms with Gasteiger partial charge < -0.3 is 10.4 Å². The average molecular weight is 508 g/mol. The summed E-state index contributed by atoms with van der Waals surface area (Å²) in [4.78, 5) is 17.5. The highest BCUT2D eigenvalue weighted by Crippen LogP contribution is 2.30. The Kier molecular flexibility index (Phi) is 7.88. The van der Waals surface area contributed by atoms with E-state index in [1.807, 2.05) is 48.5 Å². The van der Waals surface area contributed by atoms with Gasteiger partial charge in [0, 0.05) is 23.7 Å². The van der Waals surface area contributed by atoms with Gasteiger partial charge in [0.1, 0.15) is 0 Å². The van der Waals surface area contributed by atoms with Crippen LogP contribution in [-0.4, -0.2) is 36.1 Å². The molecule has 1 fully saturated rings. The first kappa shape index (κ1) is 26.0. The number of hydrogen-bond acceptors (Lipinski definition) is 5. The number of nitrogens with zero attached hydrogens (tertiary/aromatic N) is 1. The number of sulfonamides is 1. The lowest BCUT2D eigenvalue weighted by molar-refractivity contribution is -0.128. The van der Waals surface area contributed by atoms with Crippen LogP contribution in [0.3, 0.4) is 0 Å². The highest BCUT2D eigenvalue weighted by molar-refractivity contribution is 7.89. The van der Waals surface area contributed by atoms with Gasteiger partial charge in [-0.05, 0) is 69.4 Å². The van der Waals surface area contributed by atoms with Gasteiger partial charge in [0.15, 0.2) is 0 Å². The third-order valence-electron chi connectivity index (χ3n) is 6.67. The first-order valence-corrected chi connectivity index (χ1v) is 13.7. The molecule has 4 rings (SSSR count). The summed E-state index contributed by atoms with van der Waals surface area (Å²) in [5.41, 5.74) is 1.34. The second-order valence-electron chi connectivity index (χ2n) is 9.92. The molecule has 1 aliphatic carbocycles. The number of amides is 1. The van der Waals surface area contributed by atoms with Gasteiger partial charge in [-0.1, -0.05) is 48.5 Å². The zero-order chi connectivity index (χ0) is 25.8. The lowest BCUT2D eigenvalue weighted by Gasteiger charge is -2.34. The molecule has 1 aromatic heterocycles. The maximum absolute atomic E-state index is 13.0. The lowest BCUT2D eigenvalue weighted by atomic mass is 9.84. The Balaban J connectivity index is 1.34. The van der Waals surface area contributed by atoms with Gasteiger partial charge in [-0.2, -0.15) is 0 Å². The predicted molar refractivity (Wildman–Crippen MR) is 139 cm³/mol. The fraction of sp³-hybridized carbons (Fsp3) is 0.357. The summed E-state index contributed by atoms with van der Waals surface area (Å²) in [7, 11) is -3.67. The van der Waals surface area contributed by atoms with Gasteiger partial charge in [0.2, 0.25) is 15.9 Å². The zero-order valence-corrected chi connectivity index (χ0v) is 21.4. The quantitative estimate of drug-likeness (QED) is 0.423. The molecule has 3 aromatic rings. The normalized spacial score (nSPS) is 19.4. The van der Waals surface area contributed by atoms with Crippen molar-refractivity contribution >= 4 is 15.9 Å². The second kappa shape index (κ2) is 10.9. The van der Waals surface area contributed by atoms with Crippen LogP contribution in [0.15, 0.2) is 83.9 Å². The topological polar surface area (TPSA) is 108 Å². The van der Waals surface area contributed by atoms with Crippen molar-refractivity contribution < 1.29 is 18.3 Å². The molecule has 1 saturated carbocycles. The minimum Gasteiger partial charge on any atom is -0.388 e. The van der Waals surface area contributed by atoms with Crippen molar-refractivity contribution in [1.82, 2.24) is 15.0 Å². The van der Waals surface area contributed by atoms with Crippen LogP contribution < -0.4 is 10.0 Å². The van der Waals surface area contributed by atoms with Crippen molar-refractivity contribution in [1.29, 1.82) is 0 Å². The molecule has 1 amide bonds. The Morgan fingerprint density at radius 3 is 2.17 bits per heavy atom. The molecule has 0 unspecified atom stereocenters. The molecule has 0 aliphatic heterocycles. The van der Waals surface area contributed by atoms with Gasteiger partial charge in [-0.15, -0.1) is 0 Å². The largest absolute Gasteiger partial charge is 0.388 e. The predicted octanol–water partition coefficient (Wildman–Crippen LogP) is 4.21. The highest BCUT2D eigenvalue weighted by atomic mass is 32.2. The molecule has 0 spiro atoms. The third kappa shape index (κ3) is 6.37. The summed E-state index contributed by atoms with van der Waals surface area (Å²) in [6.07, 6.45) is 3.99. The maximum atomic E-state index is 13.0. The van der Waals surface area contributed by atoms with Gasteiger partial charge in [0.05, 0.1) is 22.2 Å². The standard InChI is InChI=1S/C28H33N3O4S/c1-28(2,33)26(21-8-4-3-5-9-21)30-27(32)22-11-15-23(16-12-22)31-36(34,35)24-17-13-20(14-18-24)25-10-6-7-19-29-25/h3-10,13-14,17-19,22-23,26,31,33H,11-12,15-16H2,1-2H3,(H,30,32)/t22-,23-,26-/m0/s1. The Bertz CT molecular complexity index is 1250. The summed E-state index contributed by atoms with van der Waals surface area (Å²) in [6, 6.07) is 20.9. The number of benzene rings is 2. The number of carbonyl (C=O) groups excluding carboxylic acids is 1. The third-order valence-corrected chi connectivity index (χ3v) is 8.21. The first-order valence-electron chi connectivity index (χ1n) is 12.2. The summed E-state index contributed by atoms with van der Waals surface area (Å²) >= 11 is 0. The number of pyridine rings is 1. The molecule has 8 heteroatoms. The molecule has 190 valence electrons. The van der Waals surface area contributed by atoms with Gasteiger partial charge in [-0.25, -0.2) is 13.1 Å². The number of aliphatic hydroxyl groups is 1. The molecule has 0 bridgehead atoms. The maximum Gasteiger partial charge on any atom is 0.240 e. The summed E-state index contributed by atoms with van der Waals surface area (Å²) in [5.74, 6) is -0.339. The van der Waals surface area contributed by atoms with E-state index < -0.39 is 21.7 Å². The number of hydrogen-bond donors (Lipinski definition) is 3. The van der Waals surface area contributed by atoms with E-state index in [1.165, 1.54) is 0 Å². The van der Waals surface area contributed by atoms with Crippen LogP contribution >= 0.6 is 0 Å². The smallest absolute Gasteiger partial charge is 0.240 e. The van der Waals surface area contributed by atoms with Crippen LogP contribution in [0, 0.1) is 5.92 Å². The van der Waals surface area contributed by atoms with E-state index in [9.17, 15) is 18.3 Å². The molecular weight excluding hydrogens is 474 g/mol. The zero-order valence-electron chi connectivity index (χ0n) is 20.6. The van der Waals surface area contributed by atoms with E-state index in [0.717, 1.165) is 16.8 Å². The summed E-state index contributed by atoms with van der Waals surface area (Å²) in [6.45, 7) is 3.36. The molecule has 1 aliphatic rings. The van der Waals surface area contributed by atoms with Crippen LogP contribution in [0.25, 0.3) is 11.3 Å². The fourth-order valence-electron chi connectivity index (χ4n) is 4.67. The van der Waals surface area contributed by atoms with E-state index in [0.29, 0.717) is 25.7 Å². The Morgan fingerprint density at radius 2 is 1.58 bits per heavy atom. The minimum atomic E-state index is -3.67. The molecule has 1 atom stereocenters. The highest BCUT2D eigenvalue weighted by Gasteiger charge is 2.34. The van der Waals surface area contributed by atoms with Crippen LogP contribution in [0.5, 0.6) is 0 Å². The van der Waals surface area contributed by atoms with Crippen molar-refractivity contribution in [2.75, 3.05) is 0 Å². The molecule has 1 heterocycles. The Morgan fingerprint density at radius 1 is 0.944 bits per heavy atom. The van der Waals surface area contributed by atoms with Gasteiger partial charge >= 0.3 is 0 Å². The van der Waals surface area contributed by atoms with Crippen LogP contribution in [0.2, 0.25) is 0 Å². The number of aromatic nitrogens is 1. The second-order valence-corrected chi connectivity index (χ2v) is 11.6.